The van der Waals surface area contributed by atoms with Crippen LogP contribution in [0.3, 0.4) is 0 Å². The maximum atomic E-state index is 14.2. The molecule has 0 aromatic heterocycles. The number of anilines is 1. The van der Waals surface area contributed by atoms with E-state index in [1.165, 1.54) is 24.8 Å². The van der Waals surface area contributed by atoms with Gasteiger partial charge in [-0.05, 0) is 43.1 Å². The lowest BCUT2D eigenvalue weighted by Crippen LogP contribution is -2.43. The number of halogens is 1. The molecular weight excluding hydrogens is 339 g/mol. The molecule has 1 saturated carbocycles. The number of hydrogen-bond acceptors (Lipinski definition) is 3. The average molecular weight is 368 g/mol. The van der Waals surface area contributed by atoms with Crippen LogP contribution >= 0.6 is 0 Å². The molecule has 0 amide bonds. The monoisotopic (exact) mass is 368 g/mol. The second-order valence-corrected chi connectivity index (χ2v) is 8.11. The van der Waals surface area contributed by atoms with Crippen molar-refractivity contribution in [2.75, 3.05) is 25.0 Å². The van der Waals surface area contributed by atoms with Crippen molar-refractivity contribution in [1.29, 1.82) is 0 Å². The standard InChI is InChI=1S/C23H29FN2O/c1-25-15-21(27)22(17-8-4-2-5-9-17)26-16-23(12-6-3-7-13-23)19-11-10-18(24)14-20(19)26/h2,4-5,8-11,14,21-22,25,27H,3,6-7,12-13,15-16H2,1H3/t21-,22+/m1/s1. The van der Waals surface area contributed by atoms with Gasteiger partial charge in [0.1, 0.15) is 5.82 Å². The summed E-state index contributed by atoms with van der Waals surface area (Å²) in [5.41, 5.74) is 3.39. The lowest BCUT2D eigenvalue weighted by Gasteiger charge is -2.38. The summed E-state index contributed by atoms with van der Waals surface area (Å²) >= 11 is 0. The van der Waals surface area contributed by atoms with Crippen molar-refractivity contribution in [3.8, 4) is 0 Å². The first-order valence-corrected chi connectivity index (χ1v) is 10.1. The number of rotatable bonds is 5. The van der Waals surface area contributed by atoms with Gasteiger partial charge in [0.05, 0.1) is 12.1 Å². The molecule has 0 unspecified atom stereocenters. The molecule has 2 aromatic carbocycles. The topological polar surface area (TPSA) is 35.5 Å². The van der Waals surface area contributed by atoms with E-state index in [9.17, 15) is 9.50 Å². The first kappa shape index (κ1) is 18.5. The molecular formula is C23H29FN2O. The van der Waals surface area contributed by atoms with E-state index in [1.807, 2.05) is 31.3 Å². The van der Waals surface area contributed by atoms with Crippen molar-refractivity contribution >= 4 is 5.69 Å². The highest BCUT2D eigenvalue weighted by molar-refractivity contribution is 5.64. The van der Waals surface area contributed by atoms with Crippen LogP contribution in [0.25, 0.3) is 0 Å². The molecule has 2 aromatic rings. The van der Waals surface area contributed by atoms with E-state index < -0.39 is 6.10 Å². The molecule has 3 nitrogen and oxygen atoms in total. The molecule has 2 atom stereocenters. The summed E-state index contributed by atoms with van der Waals surface area (Å²) in [6, 6.07) is 15.2. The van der Waals surface area contributed by atoms with Gasteiger partial charge in [-0.1, -0.05) is 55.7 Å². The van der Waals surface area contributed by atoms with E-state index in [-0.39, 0.29) is 17.3 Å². The van der Waals surface area contributed by atoms with Gasteiger partial charge in [-0.25, -0.2) is 4.39 Å². The SMILES string of the molecule is CNC[C@@H](O)[C@H](c1ccccc1)N1CC2(CCCCC2)c2ccc(F)cc21. The minimum Gasteiger partial charge on any atom is -0.389 e. The summed E-state index contributed by atoms with van der Waals surface area (Å²) < 4.78 is 14.2. The molecule has 2 aliphatic rings. The lowest BCUT2D eigenvalue weighted by molar-refractivity contribution is 0.138. The van der Waals surface area contributed by atoms with Crippen molar-refractivity contribution in [2.45, 2.75) is 49.7 Å². The van der Waals surface area contributed by atoms with Gasteiger partial charge in [0.2, 0.25) is 0 Å². The third kappa shape index (κ3) is 3.37. The molecule has 4 rings (SSSR count). The number of aliphatic hydroxyl groups is 1. The number of nitrogens with one attached hydrogen (secondary N) is 1. The Kier molecular flexibility index (Phi) is 5.20. The van der Waals surface area contributed by atoms with Crippen LogP contribution in [0.2, 0.25) is 0 Å². The molecule has 0 radical (unpaired) electrons. The van der Waals surface area contributed by atoms with Gasteiger partial charge in [0.15, 0.2) is 0 Å². The van der Waals surface area contributed by atoms with Crippen LogP contribution in [0.15, 0.2) is 48.5 Å². The van der Waals surface area contributed by atoms with E-state index in [1.54, 1.807) is 12.1 Å². The summed E-state index contributed by atoms with van der Waals surface area (Å²) in [5, 5.41) is 14.1. The minimum atomic E-state index is -0.577. The van der Waals surface area contributed by atoms with E-state index in [4.69, 9.17) is 0 Å². The van der Waals surface area contributed by atoms with Crippen LogP contribution in [0.5, 0.6) is 0 Å². The van der Waals surface area contributed by atoms with Gasteiger partial charge in [0.25, 0.3) is 0 Å². The zero-order valence-corrected chi connectivity index (χ0v) is 16.0. The maximum absolute atomic E-state index is 14.2. The smallest absolute Gasteiger partial charge is 0.125 e. The fourth-order valence-corrected chi connectivity index (χ4v) is 5.17. The Morgan fingerprint density at radius 2 is 1.85 bits per heavy atom. The molecule has 27 heavy (non-hydrogen) atoms. The molecule has 1 spiro atoms. The third-order valence-electron chi connectivity index (χ3n) is 6.38. The van der Waals surface area contributed by atoms with Crippen molar-refractivity contribution < 1.29 is 9.50 Å². The zero-order valence-electron chi connectivity index (χ0n) is 16.0. The molecule has 2 N–H and O–H groups in total. The number of likely N-dealkylation sites (N-methyl/N-ethyl adjacent to an activating group) is 1. The molecule has 0 saturated heterocycles. The minimum absolute atomic E-state index is 0.0909. The van der Waals surface area contributed by atoms with Gasteiger partial charge in [-0.2, -0.15) is 0 Å². The van der Waals surface area contributed by atoms with Gasteiger partial charge in [-0.15, -0.1) is 0 Å². The van der Waals surface area contributed by atoms with Crippen LogP contribution < -0.4 is 10.2 Å². The highest BCUT2D eigenvalue weighted by Gasteiger charge is 2.46. The lowest BCUT2D eigenvalue weighted by atomic mass is 9.71. The zero-order chi connectivity index (χ0) is 18.9. The largest absolute Gasteiger partial charge is 0.389 e. The van der Waals surface area contributed by atoms with E-state index in [2.05, 4.69) is 22.3 Å². The van der Waals surface area contributed by atoms with Gasteiger partial charge in [0, 0.05) is 24.2 Å². The van der Waals surface area contributed by atoms with E-state index in [0.29, 0.717) is 6.54 Å². The van der Waals surface area contributed by atoms with Crippen molar-refractivity contribution in [3.05, 3.63) is 65.5 Å². The summed E-state index contributed by atoms with van der Waals surface area (Å²) in [6.07, 6.45) is 5.44. The van der Waals surface area contributed by atoms with Crippen LogP contribution in [-0.2, 0) is 5.41 Å². The van der Waals surface area contributed by atoms with E-state index in [0.717, 1.165) is 30.6 Å². The van der Waals surface area contributed by atoms with E-state index >= 15 is 0 Å². The second kappa shape index (κ2) is 7.61. The molecule has 1 heterocycles. The Bertz CT molecular complexity index is 773. The van der Waals surface area contributed by atoms with Gasteiger partial charge in [-0.3, -0.25) is 0 Å². The highest BCUT2D eigenvalue weighted by Crippen LogP contribution is 2.52. The number of benzene rings is 2. The summed E-state index contributed by atoms with van der Waals surface area (Å²) in [4.78, 5) is 2.26. The quantitative estimate of drug-likeness (QED) is 0.831. The van der Waals surface area contributed by atoms with Crippen LogP contribution in [0, 0.1) is 5.82 Å². The Labute approximate surface area is 161 Å². The average Bonchev–Trinajstić information content (AvgIpc) is 2.96. The van der Waals surface area contributed by atoms with Crippen LogP contribution in [-0.4, -0.2) is 31.3 Å². The molecule has 1 fully saturated rings. The first-order valence-electron chi connectivity index (χ1n) is 10.1. The molecule has 1 aliphatic heterocycles. The number of fused-ring (bicyclic) bond motifs is 2. The fourth-order valence-electron chi connectivity index (χ4n) is 5.17. The number of nitrogens with zero attached hydrogens (tertiary/aromatic N) is 1. The molecule has 144 valence electrons. The first-order chi connectivity index (χ1) is 13.1. The second-order valence-electron chi connectivity index (χ2n) is 8.11. The van der Waals surface area contributed by atoms with Crippen molar-refractivity contribution in [3.63, 3.8) is 0 Å². The van der Waals surface area contributed by atoms with Crippen LogP contribution in [0.1, 0.15) is 49.3 Å². The number of aliphatic hydroxyl groups excluding tert-OH is 1. The summed E-state index contributed by atoms with van der Waals surface area (Å²) in [6.45, 7) is 1.35. The molecule has 0 bridgehead atoms. The summed E-state index contributed by atoms with van der Waals surface area (Å²) in [5.74, 6) is -0.207. The maximum Gasteiger partial charge on any atom is 0.125 e. The molecule has 4 heteroatoms. The van der Waals surface area contributed by atoms with Gasteiger partial charge < -0.3 is 15.3 Å². The van der Waals surface area contributed by atoms with Gasteiger partial charge >= 0.3 is 0 Å². The fraction of sp³-hybridized carbons (Fsp3) is 0.478. The molecule has 1 aliphatic carbocycles. The highest BCUT2D eigenvalue weighted by atomic mass is 19.1. The predicted molar refractivity (Wildman–Crippen MR) is 108 cm³/mol. The predicted octanol–water partition coefficient (Wildman–Crippen LogP) is 4.17. The van der Waals surface area contributed by atoms with Crippen LogP contribution in [0.4, 0.5) is 10.1 Å². The Balaban J connectivity index is 1.80. The van der Waals surface area contributed by atoms with Crippen molar-refractivity contribution in [2.24, 2.45) is 0 Å². The van der Waals surface area contributed by atoms with Crippen molar-refractivity contribution in [1.82, 2.24) is 5.32 Å². The Hall–Kier alpha value is -1.91. The normalized spacial score (nSPS) is 20.5. The number of hydrogen-bond donors (Lipinski definition) is 2. The Morgan fingerprint density at radius 1 is 1.11 bits per heavy atom. The third-order valence-corrected chi connectivity index (χ3v) is 6.38. The summed E-state index contributed by atoms with van der Waals surface area (Å²) in [7, 11) is 1.85. The Morgan fingerprint density at radius 3 is 2.56 bits per heavy atom.